The molecule has 1 fully saturated rings. The summed E-state index contributed by atoms with van der Waals surface area (Å²) >= 11 is 3.44. The largest absolute Gasteiger partial charge is 0.355 e. The van der Waals surface area contributed by atoms with Gasteiger partial charge in [-0.25, -0.2) is 4.79 Å². The van der Waals surface area contributed by atoms with Crippen LogP contribution in [0.15, 0.2) is 53.0 Å². The summed E-state index contributed by atoms with van der Waals surface area (Å²) in [5.41, 5.74) is 2.77. The van der Waals surface area contributed by atoms with E-state index in [0.717, 1.165) is 34.4 Å². The van der Waals surface area contributed by atoms with Crippen molar-refractivity contribution in [3.05, 3.63) is 53.0 Å². The lowest BCUT2D eigenvalue weighted by molar-refractivity contribution is 0.251. The molecule has 0 spiro atoms. The number of carbonyl (C=O) groups excluding carboxylic acids is 1. The van der Waals surface area contributed by atoms with E-state index in [9.17, 15) is 4.79 Å². The molecule has 0 aromatic heterocycles. The van der Waals surface area contributed by atoms with Crippen LogP contribution in [-0.4, -0.2) is 12.1 Å². The molecule has 21 heavy (non-hydrogen) atoms. The molecule has 1 aliphatic carbocycles. The Bertz CT molecular complexity index is 638. The number of carbonyl (C=O) groups is 1. The minimum Gasteiger partial charge on any atom is -0.355 e. The number of hydrogen-bond acceptors (Lipinski definition) is 2. The van der Waals surface area contributed by atoms with E-state index in [0.29, 0.717) is 6.04 Å². The first-order valence-electron chi connectivity index (χ1n) is 6.89. The van der Waals surface area contributed by atoms with Gasteiger partial charge in [-0.3, -0.25) is 0 Å². The summed E-state index contributed by atoms with van der Waals surface area (Å²) in [6, 6.07) is 15.8. The topological polar surface area (TPSA) is 53.2 Å². The van der Waals surface area contributed by atoms with Crippen molar-refractivity contribution in [3.8, 4) is 0 Å². The van der Waals surface area contributed by atoms with Crippen LogP contribution in [0.2, 0.25) is 0 Å². The number of rotatable bonds is 4. The zero-order chi connectivity index (χ0) is 14.7. The molecule has 0 aliphatic heterocycles. The Morgan fingerprint density at radius 1 is 1.00 bits per heavy atom. The average Bonchev–Trinajstić information content (AvgIpc) is 3.25. The molecule has 0 atom stereocenters. The van der Waals surface area contributed by atoms with Crippen LogP contribution in [0.4, 0.5) is 21.9 Å². The normalized spacial score (nSPS) is 13.6. The second-order valence-electron chi connectivity index (χ2n) is 5.09. The lowest BCUT2D eigenvalue weighted by Gasteiger charge is -2.09. The minimum absolute atomic E-state index is 0.134. The van der Waals surface area contributed by atoms with Crippen LogP contribution in [0.25, 0.3) is 0 Å². The Morgan fingerprint density at radius 2 is 1.71 bits per heavy atom. The fourth-order valence-corrected chi connectivity index (χ4v) is 2.35. The molecule has 108 valence electrons. The molecule has 0 heterocycles. The lowest BCUT2D eigenvalue weighted by atomic mass is 10.2. The molecule has 1 aliphatic rings. The standard InChI is InChI=1S/C16H16BrN3O/c17-11-2-1-3-15(10-11)18-12-4-6-13(7-5-12)19-16(21)20-14-8-9-14/h1-7,10,14,18H,8-9H2,(H2,19,20,21). The van der Waals surface area contributed by atoms with Crippen LogP contribution in [0.5, 0.6) is 0 Å². The van der Waals surface area contributed by atoms with Gasteiger partial charge in [-0.15, -0.1) is 0 Å². The highest BCUT2D eigenvalue weighted by atomic mass is 79.9. The second kappa shape index (κ2) is 6.18. The smallest absolute Gasteiger partial charge is 0.319 e. The summed E-state index contributed by atoms with van der Waals surface area (Å²) in [7, 11) is 0. The predicted octanol–water partition coefficient (Wildman–Crippen LogP) is 4.48. The van der Waals surface area contributed by atoms with Gasteiger partial charge in [0.05, 0.1) is 0 Å². The zero-order valence-corrected chi connectivity index (χ0v) is 13.0. The van der Waals surface area contributed by atoms with Gasteiger partial charge in [0.2, 0.25) is 0 Å². The third-order valence-corrected chi connectivity index (χ3v) is 3.66. The Morgan fingerprint density at radius 3 is 2.38 bits per heavy atom. The third-order valence-electron chi connectivity index (χ3n) is 3.17. The average molecular weight is 346 g/mol. The summed E-state index contributed by atoms with van der Waals surface area (Å²) in [6.07, 6.45) is 2.17. The molecule has 0 radical (unpaired) electrons. The SMILES string of the molecule is O=C(Nc1ccc(Nc2cccc(Br)c2)cc1)NC1CC1. The van der Waals surface area contributed by atoms with Gasteiger partial charge in [0.25, 0.3) is 0 Å². The van der Waals surface area contributed by atoms with E-state index < -0.39 is 0 Å². The maximum absolute atomic E-state index is 11.6. The van der Waals surface area contributed by atoms with Crippen molar-refractivity contribution in [2.45, 2.75) is 18.9 Å². The molecule has 0 unspecified atom stereocenters. The van der Waals surface area contributed by atoms with E-state index in [-0.39, 0.29) is 6.03 Å². The van der Waals surface area contributed by atoms with Crippen molar-refractivity contribution >= 4 is 39.0 Å². The van der Waals surface area contributed by atoms with E-state index in [1.54, 1.807) is 0 Å². The van der Waals surface area contributed by atoms with Gasteiger partial charge >= 0.3 is 6.03 Å². The fraction of sp³-hybridized carbons (Fsp3) is 0.188. The maximum atomic E-state index is 11.6. The minimum atomic E-state index is -0.134. The number of anilines is 3. The summed E-state index contributed by atoms with van der Waals surface area (Å²) in [6.45, 7) is 0. The molecule has 0 saturated heterocycles. The molecule has 3 rings (SSSR count). The number of nitrogens with one attached hydrogen (secondary N) is 3. The second-order valence-corrected chi connectivity index (χ2v) is 6.00. The van der Waals surface area contributed by atoms with Crippen LogP contribution in [-0.2, 0) is 0 Å². The van der Waals surface area contributed by atoms with Gasteiger partial charge in [-0.05, 0) is 55.3 Å². The van der Waals surface area contributed by atoms with Crippen molar-refractivity contribution in [1.82, 2.24) is 5.32 Å². The molecule has 2 aromatic rings. The van der Waals surface area contributed by atoms with Crippen molar-refractivity contribution in [1.29, 1.82) is 0 Å². The molecule has 3 N–H and O–H groups in total. The highest BCUT2D eigenvalue weighted by Gasteiger charge is 2.23. The first kappa shape index (κ1) is 13.9. The van der Waals surface area contributed by atoms with Gasteiger partial charge in [-0.1, -0.05) is 22.0 Å². The summed E-state index contributed by atoms with van der Waals surface area (Å²) < 4.78 is 1.03. The molecule has 4 nitrogen and oxygen atoms in total. The first-order valence-corrected chi connectivity index (χ1v) is 7.68. The molecule has 0 bridgehead atoms. The molecule has 1 saturated carbocycles. The molecular formula is C16H16BrN3O. The Hall–Kier alpha value is -2.01. The Labute approximate surface area is 132 Å². The van der Waals surface area contributed by atoms with Crippen LogP contribution < -0.4 is 16.0 Å². The highest BCUT2D eigenvalue weighted by Crippen LogP contribution is 2.22. The van der Waals surface area contributed by atoms with Crippen LogP contribution in [0.1, 0.15) is 12.8 Å². The summed E-state index contributed by atoms with van der Waals surface area (Å²) in [5, 5.41) is 9.03. The van der Waals surface area contributed by atoms with E-state index >= 15 is 0 Å². The number of benzene rings is 2. The summed E-state index contributed by atoms with van der Waals surface area (Å²) in [5.74, 6) is 0. The van der Waals surface area contributed by atoms with E-state index in [4.69, 9.17) is 0 Å². The first-order chi connectivity index (χ1) is 10.2. The predicted molar refractivity (Wildman–Crippen MR) is 89.0 cm³/mol. The maximum Gasteiger partial charge on any atom is 0.319 e. The summed E-state index contributed by atoms with van der Waals surface area (Å²) in [4.78, 5) is 11.6. The van der Waals surface area contributed by atoms with Crippen LogP contribution >= 0.6 is 15.9 Å². The van der Waals surface area contributed by atoms with Gasteiger partial charge < -0.3 is 16.0 Å². The fourth-order valence-electron chi connectivity index (χ4n) is 1.95. The Kier molecular flexibility index (Phi) is 4.10. The monoisotopic (exact) mass is 345 g/mol. The lowest BCUT2D eigenvalue weighted by Crippen LogP contribution is -2.30. The van der Waals surface area contributed by atoms with E-state index in [1.807, 2.05) is 48.5 Å². The van der Waals surface area contributed by atoms with Crippen molar-refractivity contribution in [3.63, 3.8) is 0 Å². The third kappa shape index (κ3) is 4.23. The van der Waals surface area contributed by atoms with Crippen molar-refractivity contribution in [2.75, 3.05) is 10.6 Å². The van der Waals surface area contributed by atoms with Gasteiger partial charge in [0, 0.05) is 27.6 Å². The molecule has 2 aromatic carbocycles. The highest BCUT2D eigenvalue weighted by molar-refractivity contribution is 9.10. The van der Waals surface area contributed by atoms with E-state index in [2.05, 4.69) is 31.9 Å². The quantitative estimate of drug-likeness (QED) is 0.765. The number of amides is 2. The molecule has 5 heteroatoms. The van der Waals surface area contributed by atoms with Crippen LogP contribution in [0, 0.1) is 0 Å². The Balaban J connectivity index is 1.59. The van der Waals surface area contributed by atoms with Gasteiger partial charge in [-0.2, -0.15) is 0 Å². The molecule has 2 amide bonds. The number of hydrogen-bond donors (Lipinski definition) is 3. The van der Waals surface area contributed by atoms with Crippen molar-refractivity contribution < 1.29 is 4.79 Å². The molecular weight excluding hydrogens is 330 g/mol. The van der Waals surface area contributed by atoms with Crippen molar-refractivity contribution in [2.24, 2.45) is 0 Å². The zero-order valence-electron chi connectivity index (χ0n) is 11.4. The van der Waals surface area contributed by atoms with E-state index in [1.165, 1.54) is 0 Å². The van der Waals surface area contributed by atoms with Crippen LogP contribution in [0.3, 0.4) is 0 Å². The van der Waals surface area contributed by atoms with Gasteiger partial charge in [0.1, 0.15) is 0 Å². The van der Waals surface area contributed by atoms with Gasteiger partial charge in [0.15, 0.2) is 0 Å². The number of urea groups is 1. The number of halogens is 1.